The second kappa shape index (κ2) is 6.07. The van der Waals surface area contributed by atoms with Gasteiger partial charge in [0.05, 0.1) is 6.10 Å². The van der Waals surface area contributed by atoms with E-state index in [0.717, 1.165) is 17.5 Å². The van der Waals surface area contributed by atoms with Gasteiger partial charge in [-0.25, -0.2) is 0 Å². The van der Waals surface area contributed by atoms with Gasteiger partial charge in [0.15, 0.2) is 0 Å². The van der Waals surface area contributed by atoms with Crippen LogP contribution in [0.5, 0.6) is 0 Å². The van der Waals surface area contributed by atoms with E-state index in [-0.39, 0.29) is 5.41 Å². The Balaban J connectivity index is 1.97. The van der Waals surface area contributed by atoms with Crippen LogP contribution in [0.4, 0.5) is 5.69 Å². The first-order chi connectivity index (χ1) is 9.30. The molecule has 3 heteroatoms. The monoisotopic (exact) mass is 339 g/mol. The molecule has 1 aliphatic rings. The van der Waals surface area contributed by atoms with E-state index >= 15 is 0 Å². The third kappa shape index (κ3) is 3.37. The van der Waals surface area contributed by atoms with E-state index in [4.69, 9.17) is 4.74 Å². The molecule has 0 spiro atoms. The maximum atomic E-state index is 6.03. The molecule has 0 saturated heterocycles. The highest BCUT2D eigenvalue weighted by atomic mass is 79.9. The van der Waals surface area contributed by atoms with Gasteiger partial charge >= 0.3 is 0 Å². The summed E-state index contributed by atoms with van der Waals surface area (Å²) >= 11 is 3.54. The fourth-order valence-electron chi connectivity index (χ4n) is 2.66. The van der Waals surface area contributed by atoms with Gasteiger partial charge in [0.2, 0.25) is 0 Å². The molecule has 0 amide bonds. The molecular weight excluding hydrogens is 314 g/mol. The minimum atomic E-state index is 0.184. The normalized spacial score (nSPS) is 24.6. The van der Waals surface area contributed by atoms with Crippen molar-refractivity contribution in [1.82, 2.24) is 0 Å². The Kier molecular flexibility index (Phi) is 4.80. The Morgan fingerprint density at radius 1 is 1.40 bits per heavy atom. The number of rotatable bonds is 5. The zero-order valence-corrected chi connectivity index (χ0v) is 14.8. The summed E-state index contributed by atoms with van der Waals surface area (Å²) in [6, 6.07) is 6.87. The highest BCUT2D eigenvalue weighted by Gasteiger charge is 2.49. The zero-order chi connectivity index (χ0) is 14.9. The quantitative estimate of drug-likeness (QED) is 0.814. The number of anilines is 1. The molecule has 1 aromatic carbocycles. The molecule has 1 fully saturated rings. The highest BCUT2D eigenvalue weighted by Crippen LogP contribution is 2.45. The van der Waals surface area contributed by atoms with Crippen molar-refractivity contribution in [1.29, 1.82) is 0 Å². The fraction of sp³-hybridized carbons (Fsp3) is 0.647. The summed E-state index contributed by atoms with van der Waals surface area (Å²) in [5.74, 6) is 0.602. The summed E-state index contributed by atoms with van der Waals surface area (Å²) in [7, 11) is 0. The van der Waals surface area contributed by atoms with E-state index in [1.165, 1.54) is 11.3 Å². The maximum absolute atomic E-state index is 6.03. The van der Waals surface area contributed by atoms with Crippen molar-refractivity contribution in [3.63, 3.8) is 0 Å². The summed E-state index contributed by atoms with van der Waals surface area (Å²) in [5, 5.41) is 3.69. The van der Waals surface area contributed by atoms with Crippen LogP contribution in [0.3, 0.4) is 0 Å². The number of halogens is 1. The number of nitrogens with one attached hydrogen (secondary N) is 1. The van der Waals surface area contributed by atoms with Gasteiger partial charge in [-0.2, -0.15) is 0 Å². The molecule has 0 radical (unpaired) electrons. The predicted molar refractivity (Wildman–Crippen MR) is 89.3 cm³/mol. The molecule has 2 nitrogen and oxygen atoms in total. The first kappa shape index (κ1) is 15.8. The van der Waals surface area contributed by atoms with Crippen LogP contribution in [0.25, 0.3) is 0 Å². The lowest BCUT2D eigenvalue weighted by Gasteiger charge is -2.52. The Hall–Kier alpha value is -0.540. The van der Waals surface area contributed by atoms with Crippen molar-refractivity contribution >= 4 is 21.6 Å². The van der Waals surface area contributed by atoms with Crippen molar-refractivity contribution < 1.29 is 4.74 Å². The number of hydrogen-bond donors (Lipinski definition) is 1. The highest BCUT2D eigenvalue weighted by molar-refractivity contribution is 9.10. The fourth-order valence-corrected chi connectivity index (χ4v) is 3.02. The first-order valence-corrected chi connectivity index (χ1v) is 8.24. The van der Waals surface area contributed by atoms with Crippen LogP contribution in [-0.4, -0.2) is 18.8 Å². The lowest BCUT2D eigenvalue weighted by molar-refractivity contribution is -0.108. The molecule has 0 bridgehead atoms. The summed E-state index contributed by atoms with van der Waals surface area (Å²) in [5.41, 5.74) is 2.69. The Morgan fingerprint density at radius 2 is 2.10 bits per heavy atom. The van der Waals surface area contributed by atoms with Gasteiger partial charge in [0, 0.05) is 28.2 Å². The average Bonchev–Trinajstić information content (AvgIpc) is 2.36. The molecule has 2 unspecified atom stereocenters. The molecule has 0 aliphatic heterocycles. The molecule has 20 heavy (non-hydrogen) atoms. The lowest BCUT2D eigenvalue weighted by Crippen LogP contribution is -2.58. The van der Waals surface area contributed by atoms with Crippen LogP contribution in [-0.2, 0) is 4.74 Å². The molecule has 1 N–H and O–H groups in total. The molecule has 1 aromatic rings. The molecule has 1 saturated carbocycles. The largest absolute Gasteiger partial charge is 0.381 e. The first-order valence-electron chi connectivity index (χ1n) is 7.45. The SMILES string of the molecule is Cc1ccc(Br)cc1NC1CC(OCC(C)C)C1(C)C. The maximum Gasteiger partial charge on any atom is 0.0665 e. The Morgan fingerprint density at radius 3 is 2.70 bits per heavy atom. The number of aryl methyl sites for hydroxylation is 1. The van der Waals surface area contributed by atoms with Crippen LogP contribution >= 0.6 is 15.9 Å². The van der Waals surface area contributed by atoms with E-state index in [2.05, 4.69) is 74.1 Å². The molecular formula is C17H26BrNO. The summed E-state index contributed by atoms with van der Waals surface area (Å²) in [6.45, 7) is 12.0. The average molecular weight is 340 g/mol. The van der Waals surface area contributed by atoms with E-state index in [1.807, 2.05) is 0 Å². The number of hydrogen-bond acceptors (Lipinski definition) is 2. The summed E-state index contributed by atoms with van der Waals surface area (Å²) < 4.78 is 7.15. The van der Waals surface area contributed by atoms with Crippen molar-refractivity contribution in [2.75, 3.05) is 11.9 Å². The summed E-state index contributed by atoms with van der Waals surface area (Å²) in [4.78, 5) is 0. The molecule has 2 atom stereocenters. The Labute approximate surface area is 131 Å². The van der Waals surface area contributed by atoms with Crippen LogP contribution in [0.15, 0.2) is 22.7 Å². The molecule has 0 aromatic heterocycles. The van der Waals surface area contributed by atoms with Gasteiger partial charge in [0.25, 0.3) is 0 Å². The molecule has 2 rings (SSSR count). The molecule has 112 valence electrons. The van der Waals surface area contributed by atoms with E-state index < -0.39 is 0 Å². The minimum Gasteiger partial charge on any atom is -0.381 e. The van der Waals surface area contributed by atoms with Crippen LogP contribution in [0.2, 0.25) is 0 Å². The minimum absolute atomic E-state index is 0.184. The zero-order valence-electron chi connectivity index (χ0n) is 13.2. The Bertz CT molecular complexity index is 470. The second-order valence-electron chi connectivity index (χ2n) is 6.93. The van der Waals surface area contributed by atoms with Gasteiger partial charge in [-0.3, -0.25) is 0 Å². The van der Waals surface area contributed by atoms with Crippen LogP contribution < -0.4 is 5.32 Å². The van der Waals surface area contributed by atoms with Crippen molar-refractivity contribution in [2.45, 2.75) is 53.2 Å². The van der Waals surface area contributed by atoms with Crippen molar-refractivity contribution in [3.8, 4) is 0 Å². The van der Waals surface area contributed by atoms with Crippen LogP contribution in [0, 0.1) is 18.3 Å². The lowest BCUT2D eigenvalue weighted by atomic mass is 9.64. The summed E-state index contributed by atoms with van der Waals surface area (Å²) in [6.07, 6.45) is 1.46. The molecule has 0 heterocycles. The number of benzene rings is 1. The predicted octanol–water partition coefficient (Wildman–Crippen LogP) is 5.01. The van der Waals surface area contributed by atoms with Crippen molar-refractivity contribution in [2.24, 2.45) is 11.3 Å². The van der Waals surface area contributed by atoms with E-state index in [1.54, 1.807) is 0 Å². The van der Waals surface area contributed by atoms with Crippen LogP contribution in [0.1, 0.15) is 39.7 Å². The van der Waals surface area contributed by atoms with Gasteiger partial charge in [0.1, 0.15) is 0 Å². The standard InChI is InChI=1S/C17H26BrNO/c1-11(2)10-20-16-9-15(17(16,4)5)19-14-8-13(18)7-6-12(14)3/h6-8,11,15-16,19H,9-10H2,1-5H3. The smallest absolute Gasteiger partial charge is 0.0665 e. The van der Waals surface area contributed by atoms with Gasteiger partial charge in [-0.1, -0.05) is 49.7 Å². The number of ether oxygens (including phenoxy) is 1. The molecule has 1 aliphatic carbocycles. The second-order valence-corrected chi connectivity index (χ2v) is 7.84. The topological polar surface area (TPSA) is 21.3 Å². The third-order valence-corrected chi connectivity index (χ3v) is 4.83. The van der Waals surface area contributed by atoms with Gasteiger partial charge in [-0.15, -0.1) is 0 Å². The van der Waals surface area contributed by atoms with E-state index in [0.29, 0.717) is 18.1 Å². The van der Waals surface area contributed by atoms with E-state index in [9.17, 15) is 0 Å². The van der Waals surface area contributed by atoms with Crippen molar-refractivity contribution in [3.05, 3.63) is 28.2 Å². The third-order valence-electron chi connectivity index (χ3n) is 4.34. The van der Waals surface area contributed by atoms with Gasteiger partial charge < -0.3 is 10.1 Å². The van der Waals surface area contributed by atoms with Gasteiger partial charge in [-0.05, 0) is 37.0 Å².